The molecule has 0 unspecified atom stereocenters. The number of nitrogens with zero attached hydrogens (tertiary/aromatic N) is 1. The van der Waals surface area contributed by atoms with Crippen molar-refractivity contribution < 1.29 is 14.3 Å². The maximum atomic E-state index is 12.3. The van der Waals surface area contributed by atoms with Crippen LogP contribution >= 0.6 is 0 Å². The van der Waals surface area contributed by atoms with Gasteiger partial charge in [-0.25, -0.2) is 4.98 Å². The van der Waals surface area contributed by atoms with Crippen molar-refractivity contribution in [2.24, 2.45) is 0 Å². The number of ether oxygens (including phenoxy) is 2. The van der Waals surface area contributed by atoms with Gasteiger partial charge in [-0.15, -0.1) is 0 Å². The molecule has 6 nitrogen and oxygen atoms in total. The maximum absolute atomic E-state index is 12.3. The van der Waals surface area contributed by atoms with E-state index in [2.05, 4.69) is 15.3 Å². The van der Waals surface area contributed by atoms with E-state index in [1.165, 1.54) is 0 Å². The zero-order valence-corrected chi connectivity index (χ0v) is 13.4. The van der Waals surface area contributed by atoms with E-state index in [0.717, 1.165) is 11.3 Å². The van der Waals surface area contributed by atoms with E-state index >= 15 is 0 Å². The summed E-state index contributed by atoms with van der Waals surface area (Å²) in [6.45, 7) is 0.490. The number of aromatic amines is 1. The van der Waals surface area contributed by atoms with E-state index < -0.39 is 6.10 Å². The van der Waals surface area contributed by atoms with Crippen molar-refractivity contribution in [3.05, 3.63) is 66.6 Å². The molecule has 0 radical (unpaired) electrons. The van der Waals surface area contributed by atoms with Gasteiger partial charge < -0.3 is 19.8 Å². The SMILES string of the molecule is O=C(NCc1ncc(-c2ccccc2)[nH]1)[C@H]1COc2ccccc2O1. The summed E-state index contributed by atoms with van der Waals surface area (Å²) in [6, 6.07) is 17.2. The van der Waals surface area contributed by atoms with Crippen molar-refractivity contribution in [3.63, 3.8) is 0 Å². The minimum absolute atomic E-state index is 0.191. The molecule has 1 aliphatic heterocycles. The lowest BCUT2D eigenvalue weighted by molar-refractivity contribution is -0.130. The molecule has 25 heavy (non-hydrogen) atoms. The molecule has 2 heterocycles. The molecule has 126 valence electrons. The van der Waals surface area contributed by atoms with Crippen molar-refractivity contribution in [1.29, 1.82) is 0 Å². The summed E-state index contributed by atoms with van der Waals surface area (Å²) in [7, 11) is 0. The molecule has 2 N–H and O–H groups in total. The molecule has 6 heteroatoms. The highest BCUT2D eigenvalue weighted by Gasteiger charge is 2.27. The van der Waals surface area contributed by atoms with E-state index in [-0.39, 0.29) is 12.5 Å². The van der Waals surface area contributed by atoms with Crippen LogP contribution in [0.5, 0.6) is 11.5 Å². The van der Waals surface area contributed by atoms with Crippen LogP contribution in [0.4, 0.5) is 0 Å². The van der Waals surface area contributed by atoms with Crippen molar-refractivity contribution >= 4 is 5.91 Å². The Hall–Kier alpha value is -3.28. The smallest absolute Gasteiger partial charge is 0.265 e. The Morgan fingerprint density at radius 1 is 1.12 bits per heavy atom. The Kier molecular flexibility index (Phi) is 4.08. The van der Waals surface area contributed by atoms with Crippen LogP contribution in [0.2, 0.25) is 0 Å². The quantitative estimate of drug-likeness (QED) is 0.768. The molecule has 0 spiro atoms. The van der Waals surface area contributed by atoms with Gasteiger partial charge in [0.1, 0.15) is 12.4 Å². The topological polar surface area (TPSA) is 76.2 Å². The van der Waals surface area contributed by atoms with E-state index in [1.54, 1.807) is 12.3 Å². The van der Waals surface area contributed by atoms with Crippen LogP contribution in [0.15, 0.2) is 60.8 Å². The minimum Gasteiger partial charge on any atom is -0.485 e. The van der Waals surface area contributed by atoms with Gasteiger partial charge in [0.05, 0.1) is 18.4 Å². The number of amides is 1. The fourth-order valence-corrected chi connectivity index (χ4v) is 2.65. The van der Waals surface area contributed by atoms with Crippen LogP contribution < -0.4 is 14.8 Å². The highest BCUT2D eigenvalue weighted by molar-refractivity contribution is 5.81. The number of aromatic nitrogens is 2. The molecule has 1 amide bonds. The fraction of sp³-hybridized carbons (Fsp3) is 0.158. The highest BCUT2D eigenvalue weighted by atomic mass is 16.6. The van der Waals surface area contributed by atoms with Crippen LogP contribution in [-0.2, 0) is 11.3 Å². The number of rotatable bonds is 4. The van der Waals surface area contributed by atoms with Crippen molar-refractivity contribution in [2.75, 3.05) is 6.61 Å². The van der Waals surface area contributed by atoms with Gasteiger partial charge in [-0.1, -0.05) is 42.5 Å². The van der Waals surface area contributed by atoms with Crippen molar-refractivity contribution in [3.8, 4) is 22.8 Å². The number of nitrogens with one attached hydrogen (secondary N) is 2. The van der Waals surface area contributed by atoms with Crippen LogP contribution in [0.3, 0.4) is 0 Å². The summed E-state index contributed by atoms with van der Waals surface area (Å²) < 4.78 is 11.3. The molecule has 1 aliphatic rings. The number of hydrogen-bond donors (Lipinski definition) is 2. The average molecular weight is 335 g/mol. The molecule has 0 saturated heterocycles. The number of benzene rings is 2. The van der Waals surface area contributed by atoms with Crippen molar-refractivity contribution in [1.82, 2.24) is 15.3 Å². The number of para-hydroxylation sites is 2. The highest BCUT2D eigenvalue weighted by Crippen LogP contribution is 2.30. The monoisotopic (exact) mass is 335 g/mol. The third-order valence-corrected chi connectivity index (χ3v) is 3.94. The van der Waals surface area contributed by atoms with Gasteiger partial charge in [0.25, 0.3) is 5.91 Å². The second kappa shape index (κ2) is 6.68. The Bertz CT molecular complexity index is 876. The fourth-order valence-electron chi connectivity index (χ4n) is 2.65. The Morgan fingerprint density at radius 3 is 2.72 bits per heavy atom. The normalized spacial score (nSPS) is 15.6. The lowest BCUT2D eigenvalue weighted by Crippen LogP contribution is -2.43. The zero-order chi connectivity index (χ0) is 17.1. The van der Waals surface area contributed by atoms with Gasteiger partial charge in [-0.05, 0) is 17.7 Å². The van der Waals surface area contributed by atoms with Gasteiger partial charge >= 0.3 is 0 Å². The van der Waals surface area contributed by atoms with E-state index in [9.17, 15) is 4.79 Å². The van der Waals surface area contributed by atoms with Crippen molar-refractivity contribution in [2.45, 2.75) is 12.6 Å². The molecule has 1 aromatic heterocycles. The summed E-state index contributed by atoms with van der Waals surface area (Å²) in [4.78, 5) is 19.8. The molecular formula is C19H17N3O3. The lowest BCUT2D eigenvalue weighted by Gasteiger charge is -2.25. The molecule has 0 saturated carbocycles. The summed E-state index contributed by atoms with van der Waals surface area (Å²) in [6.07, 6.45) is 1.09. The average Bonchev–Trinajstić information content (AvgIpc) is 3.15. The van der Waals surface area contributed by atoms with E-state index in [4.69, 9.17) is 9.47 Å². The number of carbonyl (C=O) groups excluding carboxylic acids is 1. The first-order valence-electron chi connectivity index (χ1n) is 8.05. The van der Waals surface area contributed by atoms with E-state index in [0.29, 0.717) is 23.9 Å². The first kappa shape index (κ1) is 15.3. The third-order valence-electron chi connectivity index (χ3n) is 3.94. The Labute approximate surface area is 144 Å². The first-order chi connectivity index (χ1) is 12.3. The third kappa shape index (κ3) is 3.33. The van der Waals surface area contributed by atoms with Gasteiger partial charge in [-0.3, -0.25) is 4.79 Å². The van der Waals surface area contributed by atoms with Gasteiger partial charge in [0.2, 0.25) is 6.10 Å². The summed E-state index contributed by atoms with van der Waals surface area (Å²) in [5.41, 5.74) is 1.96. The predicted octanol–water partition coefficient (Wildman–Crippen LogP) is 2.53. The molecule has 0 aliphatic carbocycles. The largest absolute Gasteiger partial charge is 0.485 e. The summed E-state index contributed by atoms with van der Waals surface area (Å²) >= 11 is 0. The second-order valence-electron chi connectivity index (χ2n) is 5.69. The van der Waals surface area contributed by atoms with Gasteiger partial charge in [0, 0.05) is 0 Å². The molecule has 0 fully saturated rings. The molecular weight excluding hydrogens is 318 g/mol. The molecule has 0 bridgehead atoms. The molecule has 1 atom stereocenters. The number of imidazole rings is 1. The maximum Gasteiger partial charge on any atom is 0.265 e. The summed E-state index contributed by atoms with van der Waals surface area (Å²) in [5, 5.41) is 2.83. The predicted molar refractivity (Wildman–Crippen MR) is 92.2 cm³/mol. The Morgan fingerprint density at radius 2 is 1.88 bits per heavy atom. The second-order valence-corrected chi connectivity index (χ2v) is 5.69. The van der Waals surface area contributed by atoms with Gasteiger partial charge in [-0.2, -0.15) is 0 Å². The first-order valence-corrected chi connectivity index (χ1v) is 8.05. The molecule has 4 rings (SSSR count). The standard InChI is InChI=1S/C19H17N3O3/c23-19(17-12-24-15-8-4-5-9-16(15)25-17)21-11-18-20-10-14(22-18)13-6-2-1-3-7-13/h1-10,17H,11-12H2,(H,20,22)(H,21,23)/t17-/m1/s1. The number of hydrogen-bond acceptors (Lipinski definition) is 4. The molecule has 3 aromatic rings. The van der Waals surface area contributed by atoms with Crippen LogP contribution in [0, 0.1) is 0 Å². The number of fused-ring (bicyclic) bond motifs is 1. The van der Waals surface area contributed by atoms with Crippen LogP contribution in [0.1, 0.15) is 5.82 Å². The lowest BCUT2D eigenvalue weighted by atomic mass is 10.2. The van der Waals surface area contributed by atoms with E-state index in [1.807, 2.05) is 48.5 Å². The Balaban J connectivity index is 1.36. The molecule has 2 aromatic carbocycles. The number of H-pyrrole nitrogens is 1. The summed E-state index contributed by atoms with van der Waals surface area (Å²) in [5.74, 6) is 1.69. The van der Waals surface area contributed by atoms with Crippen LogP contribution in [-0.4, -0.2) is 28.6 Å². The number of carbonyl (C=O) groups is 1. The van der Waals surface area contributed by atoms with Crippen LogP contribution in [0.25, 0.3) is 11.3 Å². The van der Waals surface area contributed by atoms with Gasteiger partial charge in [0.15, 0.2) is 11.5 Å². The zero-order valence-electron chi connectivity index (χ0n) is 13.4. The minimum atomic E-state index is -0.668.